The van der Waals surface area contributed by atoms with Gasteiger partial charge in [0, 0.05) is 12.2 Å². The fourth-order valence-electron chi connectivity index (χ4n) is 2.44. The number of halogens is 1. The van der Waals surface area contributed by atoms with Gasteiger partial charge in [0.25, 0.3) is 0 Å². The lowest BCUT2D eigenvalue weighted by Gasteiger charge is -2.20. The lowest BCUT2D eigenvalue weighted by Crippen LogP contribution is -2.30. The van der Waals surface area contributed by atoms with Crippen molar-refractivity contribution >= 4 is 37.7 Å². The summed E-state index contributed by atoms with van der Waals surface area (Å²) in [5.41, 5.74) is 1.75. The summed E-state index contributed by atoms with van der Waals surface area (Å²) in [6.45, 7) is 7.34. The number of primary sulfonamides is 1. The summed E-state index contributed by atoms with van der Waals surface area (Å²) in [4.78, 5) is 11.9. The van der Waals surface area contributed by atoms with Gasteiger partial charge in [0.1, 0.15) is 5.75 Å². The molecule has 4 N–H and O–H groups in total. The molecular formula is C20H26BrN3O4S. The lowest BCUT2D eigenvalue weighted by atomic mass is 9.87. The molecule has 0 atom stereocenters. The molecule has 0 saturated heterocycles. The van der Waals surface area contributed by atoms with E-state index in [4.69, 9.17) is 9.88 Å². The van der Waals surface area contributed by atoms with E-state index in [1.165, 1.54) is 29.8 Å². The molecule has 0 unspecified atom stereocenters. The number of anilines is 1. The Balaban J connectivity index is 1.73. The lowest BCUT2D eigenvalue weighted by molar-refractivity contribution is 0.250. The number of hydrogen-bond donors (Lipinski definition) is 3. The molecule has 0 saturated carbocycles. The van der Waals surface area contributed by atoms with Crippen molar-refractivity contribution in [2.24, 2.45) is 5.14 Å². The minimum Gasteiger partial charge on any atom is -0.492 e. The second kappa shape index (κ2) is 9.60. The average molecular weight is 484 g/mol. The van der Waals surface area contributed by atoms with E-state index in [1.807, 2.05) is 12.1 Å². The van der Waals surface area contributed by atoms with E-state index in [-0.39, 0.29) is 16.3 Å². The predicted octanol–water partition coefficient (Wildman–Crippen LogP) is 3.98. The average Bonchev–Trinajstić information content (AvgIpc) is 2.61. The number of nitrogens with two attached hydrogens (primary N) is 1. The highest BCUT2D eigenvalue weighted by Gasteiger charge is 2.15. The summed E-state index contributed by atoms with van der Waals surface area (Å²) in [5, 5.41) is 10.4. The van der Waals surface area contributed by atoms with Gasteiger partial charge in [0.15, 0.2) is 0 Å². The van der Waals surface area contributed by atoms with Crippen LogP contribution in [0.3, 0.4) is 0 Å². The molecule has 0 aromatic heterocycles. The number of amides is 2. The highest BCUT2D eigenvalue weighted by atomic mass is 79.9. The maximum Gasteiger partial charge on any atom is 0.319 e. The molecule has 0 spiro atoms. The van der Waals surface area contributed by atoms with Gasteiger partial charge in [-0.05, 0) is 69.7 Å². The fraction of sp³-hybridized carbons (Fsp3) is 0.350. The summed E-state index contributed by atoms with van der Waals surface area (Å²) in [6, 6.07) is 11.3. The van der Waals surface area contributed by atoms with Crippen LogP contribution in [0.5, 0.6) is 5.75 Å². The highest BCUT2D eigenvalue weighted by molar-refractivity contribution is 9.10. The third-order valence-corrected chi connectivity index (χ3v) is 5.65. The third-order valence-electron chi connectivity index (χ3n) is 4.10. The maximum absolute atomic E-state index is 11.9. The Morgan fingerprint density at radius 1 is 1.14 bits per heavy atom. The van der Waals surface area contributed by atoms with E-state index < -0.39 is 10.0 Å². The molecule has 0 fully saturated rings. The fourth-order valence-corrected chi connectivity index (χ4v) is 3.45. The highest BCUT2D eigenvalue weighted by Crippen LogP contribution is 2.31. The van der Waals surface area contributed by atoms with Crippen LogP contribution < -0.4 is 20.5 Å². The first-order chi connectivity index (χ1) is 13.5. The van der Waals surface area contributed by atoms with Crippen LogP contribution in [0, 0.1) is 0 Å². The zero-order valence-corrected chi connectivity index (χ0v) is 19.1. The number of benzene rings is 2. The Kier molecular flexibility index (Phi) is 7.67. The van der Waals surface area contributed by atoms with Crippen molar-refractivity contribution in [3.05, 3.63) is 52.5 Å². The molecule has 158 valence electrons. The second-order valence-electron chi connectivity index (χ2n) is 7.55. The monoisotopic (exact) mass is 483 g/mol. The molecule has 2 rings (SSSR count). The molecule has 0 radical (unpaired) electrons. The van der Waals surface area contributed by atoms with E-state index in [2.05, 4.69) is 53.4 Å². The van der Waals surface area contributed by atoms with E-state index in [1.54, 1.807) is 0 Å². The molecule has 0 aliphatic carbocycles. The summed E-state index contributed by atoms with van der Waals surface area (Å²) in [6.07, 6.45) is 0.630. The summed E-state index contributed by atoms with van der Waals surface area (Å²) in [5.74, 6) is 0.761. The first-order valence-corrected chi connectivity index (χ1v) is 11.4. The molecule has 29 heavy (non-hydrogen) atoms. The number of hydrogen-bond acceptors (Lipinski definition) is 4. The number of carbonyl (C=O) groups excluding carboxylic acids is 1. The number of rotatable bonds is 7. The third kappa shape index (κ3) is 7.34. The predicted molar refractivity (Wildman–Crippen MR) is 118 cm³/mol. The van der Waals surface area contributed by atoms with Gasteiger partial charge in [0.05, 0.1) is 16.0 Å². The number of urea groups is 1. The van der Waals surface area contributed by atoms with Crippen LogP contribution in [0.2, 0.25) is 0 Å². The van der Waals surface area contributed by atoms with Crippen LogP contribution in [0.1, 0.15) is 32.8 Å². The van der Waals surface area contributed by atoms with Gasteiger partial charge in [-0.3, -0.25) is 0 Å². The van der Waals surface area contributed by atoms with Gasteiger partial charge < -0.3 is 15.4 Å². The topological polar surface area (TPSA) is 111 Å². The Morgan fingerprint density at radius 3 is 2.34 bits per heavy atom. The van der Waals surface area contributed by atoms with Crippen molar-refractivity contribution in [2.75, 3.05) is 18.5 Å². The smallest absolute Gasteiger partial charge is 0.319 e. The van der Waals surface area contributed by atoms with Crippen LogP contribution in [0.4, 0.5) is 10.5 Å². The van der Waals surface area contributed by atoms with Crippen LogP contribution in [-0.2, 0) is 15.4 Å². The first-order valence-electron chi connectivity index (χ1n) is 9.07. The summed E-state index contributed by atoms with van der Waals surface area (Å²) in [7, 11) is -3.75. The minimum absolute atomic E-state index is 0.0118. The van der Waals surface area contributed by atoms with Gasteiger partial charge in [0.2, 0.25) is 10.0 Å². The van der Waals surface area contributed by atoms with Crippen LogP contribution in [-0.4, -0.2) is 27.6 Å². The van der Waals surface area contributed by atoms with Crippen LogP contribution in [0.25, 0.3) is 0 Å². The van der Waals surface area contributed by atoms with Crippen molar-refractivity contribution in [1.29, 1.82) is 0 Å². The zero-order valence-electron chi connectivity index (χ0n) is 16.7. The molecule has 2 aromatic rings. The van der Waals surface area contributed by atoms with Crippen LogP contribution >= 0.6 is 15.9 Å². The van der Waals surface area contributed by atoms with Crippen molar-refractivity contribution in [3.63, 3.8) is 0 Å². The summed E-state index contributed by atoms with van der Waals surface area (Å²) < 4.78 is 29.1. The van der Waals surface area contributed by atoms with E-state index in [9.17, 15) is 13.2 Å². The quantitative estimate of drug-likeness (QED) is 0.517. The van der Waals surface area contributed by atoms with Gasteiger partial charge in [-0.25, -0.2) is 18.4 Å². The molecule has 2 aromatic carbocycles. The molecular weight excluding hydrogens is 458 g/mol. The molecule has 0 aliphatic rings. The second-order valence-corrected chi connectivity index (χ2v) is 9.96. The van der Waals surface area contributed by atoms with E-state index in [0.717, 1.165) is 10.2 Å². The van der Waals surface area contributed by atoms with Gasteiger partial charge >= 0.3 is 6.03 Å². The number of sulfonamides is 1. The Hall–Kier alpha value is -2.10. The Bertz CT molecular complexity index is 955. The normalized spacial score (nSPS) is 11.8. The molecule has 0 aliphatic heterocycles. The number of nitrogens with one attached hydrogen (secondary N) is 2. The molecule has 9 heteroatoms. The molecule has 2 amide bonds. The zero-order chi connectivity index (χ0) is 21.7. The largest absolute Gasteiger partial charge is 0.492 e. The Morgan fingerprint density at radius 2 is 1.79 bits per heavy atom. The first kappa shape index (κ1) is 23.2. The van der Waals surface area contributed by atoms with Gasteiger partial charge in [-0.2, -0.15) is 0 Å². The molecule has 7 nitrogen and oxygen atoms in total. The summed E-state index contributed by atoms with van der Waals surface area (Å²) >= 11 is 3.54. The van der Waals surface area contributed by atoms with Crippen LogP contribution in [0.15, 0.2) is 51.8 Å². The van der Waals surface area contributed by atoms with Crippen molar-refractivity contribution < 1.29 is 17.9 Å². The van der Waals surface area contributed by atoms with Crippen molar-refractivity contribution in [3.8, 4) is 5.75 Å². The number of carbonyl (C=O) groups is 1. The van der Waals surface area contributed by atoms with Gasteiger partial charge in [-0.1, -0.05) is 26.8 Å². The maximum atomic E-state index is 11.9. The number of ether oxygens (including phenoxy) is 1. The minimum atomic E-state index is -3.75. The van der Waals surface area contributed by atoms with E-state index in [0.29, 0.717) is 25.3 Å². The Labute approximate surface area is 180 Å². The van der Waals surface area contributed by atoms with Crippen molar-refractivity contribution in [1.82, 2.24) is 5.32 Å². The van der Waals surface area contributed by atoms with Gasteiger partial charge in [-0.15, -0.1) is 0 Å². The van der Waals surface area contributed by atoms with E-state index >= 15 is 0 Å². The standard InChI is InChI=1S/C20H26BrN3O4S/c1-20(2,3)14-5-10-18(17(21)13-14)28-12-4-11-23-19(25)24-15-6-8-16(9-7-15)29(22,26)27/h5-10,13H,4,11-12H2,1-3H3,(H2,22,26,27)(H2,23,24,25). The van der Waals surface area contributed by atoms with Crippen molar-refractivity contribution in [2.45, 2.75) is 37.5 Å². The SMILES string of the molecule is CC(C)(C)c1ccc(OCCCNC(=O)Nc2ccc(S(N)(=O)=O)cc2)c(Br)c1. The molecule has 0 bridgehead atoms. The molecule has 0 heterocycles.